The molecule has 39 heavy (non-hydrogen) atoms. The second-order valence-corrected chi connectivity index (χ2v) is 12.9. The minimum absolute atomic E-state index is 0.0528. The first kappa shape index (κ1) is 27.1. The molecule has 1 unspecified atom stereocenters. The van der Waals surface area contributed by atoms with Gasteiger partial charge in [0, 0.05) is 31.6 Å². The molecule has 0 aromatic heterocycles. The molecule has 1 aromatic rings. The van der Waals surface area contributed by atoms with Crippen LogP contribution in [0.25, 0.3) is 0 Å². The highest BCUT2D eigenvalue weighted by atomic mass is 19.4. The first-order chi connectivity index (χ1) is 18.6. The van der Waals surface area contributed by atoms with Gasteiger partial charge in [-0.3, -0.25) is 9.59 Å². The van der Waals surface area contributed by atoms with Gasteiger partial charge < -0.3 is 19.3 Å². The lowest BCUT2D eigenvalue weighted by Gasteiger charge is -2.54. The second kappa shape index (κ2) is 9.75. The number of ether oxygens (including phenoxy) is 2. The fourth-order valence-corrected chi connectivity index (χ4v) is 8.24. The van der Waals surface area contributed by atoms with Gasteiger partial charge in [0.15, 0.2) is 0 Å². The van der Waals surface area contributed by atoms with Gasteiger partial charge in [-0.2, -0.15) is 13.2 Å². The van der Waals surface area contributed by atoms with Gasteiger partial charge in [0.25, 0.3) is 0 Å². The van der Waals surface area contributed by atoms with Crippen LogP contribution < -0.4 is 0 Å². The van der Waals surface area contributed by atoms with E-state index in [1.54, 1.807) is 0 Å². The Bertz CT molecular complexity index is 1060. The molecule has 1 aromatic carbocycles. The van der Waals surface area contributed by atoms with Crippen LogP contribution in [-0.4, -0.2) is 78.9 Å². The molecule has 2 aliphatic heterocycles. The van der Waals surface area contributed by atoms with Crippen LogP contribution in [0.15, 0.2) is 30.3 Å². The van der Waals surface area contributed by atoms with Crippen molar-refractivity contribution < 1.29 is 32.2 Å². The van der Waals surface area contributed by atoms with Crippen molar-refractivity contribution in [2.24, 2.45) is 10.8 Å². The molecule has 1 spiro atoms. The number of carbonyl (C=O) groups excluding carboxylic acids is 2. The van der Waals surface area contributed by atoms with E-state index in [4.69, 9.17) is 9.47 Å². The average Bonchev–Trinajstić information content (AvgIpc) is 3.63. The van der Waals surface area contributed by atoms with E-state index in [0.717, 1.165) is 81.5 Å². The molecule has 0 N–H and O–H groups in total. The van der Waals surface area contributed by atoms with E-state index in [9.17, 15) is 22.8 Å². The van der Waals surface area contributed by atoms with Crippen molar-refractivity contribution in [3.8, 4) is 0 Å². The van der Waals surface area contributed by atoms with E-state index in [1.165, 1.54) is 7.11 Å². The number of benzene rings is 1. The van der Waals surface area contributed by atoms with Crippen LogP contribution in [0.3, 0.4) is 0 Å². The Labute approximate surface area is 228 Å². The standard InChI is InChI=1S/C30H39F3N2O4/c1-38-26(37)28-10-7-27(8-11-28,9-12-28)20-34-15-13-29(14-16-34)18-22(19-39-29)35(25(36)30(31,32)33)24-17-23(24)21-5-3-2-4-6-21/h2-6,22-24H,7-20H2,1H3/t22?,23-,24+,27?,28?/m0/s1. The van der Waals surface area contributed by atoms with Gasteiger partial charge in [-0.1, -0.05) is 30.3 Å². The van der Waals surface area contributed by atoms with Gasteiger partial charge in [0.05, 0.1) is 30.8 Å². The smallest absolute Gasteiger partial charge is 0.469 e. The predicted molar refractivity (Wildman–Crippen MR) is 138 cm³/mol. The minimum atomic E-state index is -4.90. The molecular formula is C30H39F3N2O4. The first-order valence-corrected chi connectivity index (χ1v) is 14.5. The number of nitrogens with zero attached hydrogens (tertiary/aromatic N) is 2. The highest BCUT2D eigenvalue weighted by molar-refractivity contribution is 5.83. The zero-order valence-electron chi connectivity index (χ0n) is 22.7. The monoisotopic (exact) mass is 548 g/mol. The molecule has 4 saturated carbocycles. The van der Waals surface area contributed by atoms with Crippen LogP contribution in [-0.2, 0) is 19.1 Å². The van der Waals surface area contributed by atoms with Crippen LogP contribution >= 0.6 is 0 Å². The summed E-state index contributed by atoms with van der Waals surface area (Å²) in [7, 11) is 1.48. The number of fused-ring (bicyclic) bond motifs is 3. The number of rotatable bonds is 6. The van der Waals surface area contributed by atoms with E-state index in [1.807, 2.05) is 30.3 Å². The topological polar surface area (TPSA) is 59.1 Å². The quantitative estimate of drug-likeness (QED) is 0.465. The highest BCUT2D eigenvalue weighted by Gasteiger charge is 2.58. The molecule has 2 bridgehead atoms. The first-order valence-electron chi connectivity index (χ1n) is 14.5. The summed E-state index contributed by atoms with van der Waals surface area (Å²) in [5.41, 5.74) is 0.487. The molecule has 4 aliphatic carbocycles. The summed E-state index contributed by atoms with van der Waals surface area (Å²) in [5.74, 6) is -1.84. The Hall–Kier alpha value is -2.13. The third kappa shape index (κ3) is 4.98. The van der Waals surface area contributed by atoms with Gasteiger partial charge in [0.1, 0.15) is 0 Å². The molecular weight excluding hydrogens is 509 g/mol. The van der Waals surface area contributed by atoms with Gasteiger partial charge in [-0.05, 0) is 75.2 Å². The maximum absolute atomic E-state index is 13.7. The fourth-order valence-electron chi connectivity index (χ4n) is 8.24. The maximum atomic E-state index is 13.7. The lowest BCUT2D eigenvalue weighted by molar-refractivity contribution is -0.188. The van der Waals surface area contributed by atoms with Crippen LogP contribution in [0.2, 0.25) is 0 Å². The van der Waals surface area contributed by atoms with E-state index < -0.39 is 29.8 Å². The van der Waals surface area contributed by atoms with Crippen molar-refractivity contribution in [1.29, 1.82) is 0 Å². The summed E-state index contributed by atoms with van der Waals surface area (Å²) in [4.78, 5) is 28.6. The van der Waals surface area contributed by atoms with Crippen LogP contribution in [0, 0.1) is 10.8 Å². The van der Waals surface area contributed by atoms with Gasteiger partial charge in [-0.15, -0.1) is 0 Å². The van der Waals surface area contributed by atoms with Crippen LogP contribution in [0.5, 0.6) is 0 Å². The highest BCUT2D eigenvalue weighted by Crippen LogP contribution is 2.58. The maximum Gasteiger partial charge on any atom is 0.471 e. The van der Waals surface area contributed by atoms with E-state index >= 15 is 0 Å². The Balaban J connectivity index is 1.07. The number of carbonyl (C=O) groups is 2. The Morgan fingerprint density at radius 1 is 1.03 bits per heavy atom. The van der Waals surface area contributed by atoms with Crippen LogP contribution in [0.4, 0.5) is 13.2 Å². The molecule has 2 heterocycles. The van der Waals surface area contributed by atoms with E-state index in [-0.39, 0.29) is 29.3 Å². The number of piperidine rings is 1. The number of halogens is 3. The Kier molecular flexibility index (Phi) is 6.77. The normalized spacial score (nSPS) is 35.6. The van der Waals surface area contributed by atoms with Crippen molar-refractivity contribution in [1.82, 2.24) is 9.80 Å². The molecule has 2 saturated heterocycles. The molecule has 9 heteroatoms. The fraction of sp³-hybridized carbons (Fsp3) is 0.733. The van der Waals surface area contributed by atoms with E-state index in [0.29, 0.717) is 12.8 Å². The van der Waals surface area contributed by atoms with Crippen molar-refractivity contribution in [2.45, 2.75) is 94.0 Å². The van der Waals surface area contributed by atoms with E-state index in [2.05, 4.69) is 4.90 Å². The largest absolute Gasteiger partial charge is 0.471 e. The van der Waals surface area contributed by atoms with Crippen molar-refractivity contribution >= 4 is 11.9 Å². The Morgan fingerprint density at radius 2 is 1.67 bits per heavy atom. The molecule has 6 aliphatic rings. The second-order valence-electron chi connectivity index (χ2n) is 12.9. The molecule has 6 fully saturated rings. The summed E-state index contributed by atoms with van der Waals surface area (Å²) >= 11 is 0. The Morgan fingerprint density at radius 3 is 2.26 bits per heavy atom. The number of methoxy groups -OCH3 is 1. The number of likely N-dealkylation sites (tertiary alicyclic amines) is 1. The zero-order valence-corrected chi connectivity index (χ0v) is 22.7. The summed E-state index contributed by atoms with van der Waals surface area (Å²) in [5, 5.41) is 0. The third-order valence-electron chi connectivity index (χ3n) is 10.7. The molecule has 6 nitrogen and oxygen atoms in total. The average molecular weight is 549 g/mol. The molecule has 214 valence electrons. The number of hydrogen-bond donors (Lipinski definition) is 0. The van der Waals surface area contributed by atoms with Gasteiger partial charge in [-0.25, -0.2) is 0 Å². The number of amides is 1. The molecule has 3 atom stereocenters. The lowest BCUT2D eigenvalue weighted by atomic mass is 9.53. The number of alkyl halides is 3. The summed E-state index contributed by atoms with van der Waals surface area (Å²) in [6.07, 6.45) is 3.49. The minimum Gasteiger partial charge on any atom is -0.469 e. The summed E-state index contributed by atoms with van der Waals surface area (Å²) < 4.78 is 52.4. The zero-order chi connectivity index (χ0) is 27.5. The summed E-state index contributed by atoms with van der Waals surface area (Å²) in [6.45, 7) is 2.86. The predicted octanol–water partition coefficient (Wildman–Crippen LogP) is 5.07. The van der Waals surface area contributed by atoms with Gasteiger partial charge >= 0.3 is 18.1 Å². The SMILES string of the molecule is COC(=O)C12CCC(CN3CCC4(CC3)CC(N(C(=O)C(F)(F)F)[C@@H]3C[C@H]3c3ccccc3)CO4)(CC1)CC2. The summed E-state index contributed by atoms with van der Waals surface area (Å²) in [6, 6.07) is 8.53. The molecule has 7 rings (SSSR count). The molecule has 0 radical (unpaired) electrons. The van der Waals surface area contributed by atoms with Gasteiger partial charge in [0.2, 0.25) is 0 Å². The van der Waals surface area contributed by atoms with Crippen molar-refractivity contribution in [3.63, 3.8) is 0 Å². The lowest BCUT2D eigenvalue weighted by Crippen LogP contribution is -2.53. The molecule has 1 amide bonds. The van der Waals surface area contributed by atoms with Crippen LogP contribution in [0.1, 0.15) is 75.7 Å². The number of esters is 1. The van der Waals surface area contributed by atoms with Crippen molar-refractivity contribution in [2.75, 3.05) is 33.4 Å². The van der Waals surface area contributed by atoms with Crippen molar-refractivity contribution in [3.05, 3.63) is 35.9 Å². The third-order valence-corrected chi connectivity index (χ3v) is 10.7. The number of hydrogen-bond acceptors (Lipinski definition) is 5.